The molecule has 0 amide bonds. The molecule has 1 aliphatic heterocycles. The van der Waals surface area contributed by atoms with Gasteiger partial charge in [-0.3, -0.25) is 4.79 Å². The summed E-state index contributed by atoms with van der Waals surface area (Å²) in [6.07, 6.45) is 1.53. The van der Waals surface area contributed by atoms with Gasteiger partial charge in [0.2, 0.25) is 0 Å². The number of methoxy groups -OCH3 is 1. The third-order valence-corrected chi connectivity index (χ3v) is 1.87. The second kappa shape index (κ2) is 5.25. The van der Waals surface area contributed by atoms with E-state index in [0.29, 0.717) is 26.3 Å². The largest absolute Gasteiger partial charge is 0.474 e. The van der Waals surface area contributed by atoms with Gasteiger partial charge in [0.05, 0.1) is 26.9 Å². The van der Waals surface area contributed by atoms with Crippen LogP contribution in [0.3, 0.4) is 0 Å². The van der Waals surface area contributed by atoms with Crippen molar-refractivity contribution in [2.24, 2.45) is 0 Å². The Balaban J connectivity index is 2.63. The number of nitrogens with zero attached hydrogens (tertiary/aromatic N) is 2. The lowest BCUT2D eigenvalue weighted by atomic mass is 10.4. The molecule has 0 saturated carbocycles. The minimum absolute atomic E-state index is 0.00870. The highest BCUT2D eigenvalue weighted by Gasteiger charge is 2.13. The van der Waals surface area contributed by atoms with Crippen molar-refractivity contribution in [3.05, 3.63) is 23.3 Å². The van der Waals surface area contributed by atoms with Crippen molar-refractivity contribution in [3.8, 4) is 0 Å². The molecule has 76 valence electrons. The van der Waals surface area contributed by atoms with Gasteiger partial charge >= 0.3 is 5.97 Å². The second-order valence-corrected chi connectivity index (χ2v) is 2.77. The van der Waals surface area contributed by atoms with Gasteiger partial charge in [-0.15, -0.1) is 0 Å². The van der Waals surface area contributed by atoms with E-state index in [1.165, 1.54) is 13.3 Å². The summed E-state index contributed by atoms with van der Waals surface area (Å²) in [6, 6.07) is 0. The van der Waals surface area contributed by atoms with E-state index in [1.54, 1.807) is 0 Å². The van der Waals surface area contributed by atoms with Crippen molar-refractivity contribution in [1.29, 1.82) is 0 Å². The zero-order chi connectivity index (χ0) is 10.4. The topological polar surface area (TPSA) is 43.1 Å². The first kappa shape index (κ1) is 10.5. The first-order valence-electron chi connectivity index (χ1n) is 4.27. The number of esters is 1. The quantitative estimate of drug-likeness (QED) is 0.361. The highest BCUT2D eigenvalue weighted by molar-refractivity contribution is 5.90. The van der Waals surface area contributed by atoms with Crippen molar-refractivity contribution < 1.29 is 14.3 Å². The Hall–Kier alpha value is -1.54. The standard InChI is InChI=1S/C9H12N2O3/c1-10-8(9(12)13-2)7-11-3-5-14-6-4-11/h7H,3-6H2,2H3/b8-7+. The minimum Gasteiger partial charge on any atom is -0.474 e. The molecule has 14 heavy (non-hydrogen) atoms. The number of ether oxygens (including phenoxy) is 2. The number of rotatable bonds is 2. The number of hydrogen-bond acceptors (Lipinski definition) is 4. The Morgan fingerprint density at radius 3 is 2.71 bits per heavy atom. The van der Waals surface area contributed by atoms with Crippen LogP contribution in [0, 0.1) is 6.57 Å². The Bertz CT molecular complexity index is 274. The SMILES string of the molecule is [C-]#[N+]/C(=C/N1CCOCC1)C(=O)OC. The molecule has 0 radical (unpaired) electrons. The molecule has 0 unspecified atom stereocenters. The monoisotopic (exact) mass is 196 g/mol. The zero-order valence-corrected chi connectivity index (χ0v) is 8.02. The average molecular weight is 196 g/mol. The van der Waals surface area contributed by atoms with E-state index in [-0.39, 0.29) is 5.70 Å². The molecular weight excluding hydrogens is 184 g/mol. The number of carbonyl (C=O) groups excluding carboxylic acids is 1. The van der Waals surface area contributed by atoms with E-state index < -0.39 is 5.97 Å². The van der Waals surface area contributed by atoms with Crippen LogP contribution < -0.4 is 0 Å². The molecular formula is C9H12N2O3. The molecule has 1 aliphatic rings. The van der Waals surface area contributed by atoms with Gasteiger partial charge in [0.25, 0.3) is 5.70 Å². The summed E-state index contributed by atoms with van der Waals surface area (Å²) < 4.78 is 9.60. The molecule has 1 fully saturated rings. The van der Waals surface area contributed by atoms with Gasteiger partial charge in [0.1, 0.15) is 0 Å². The van der Waals surface area contributed by atoms with Crippen LogP contribution in [0.5, 0.6) is 0 Å². The lowest BCUT2D eigenvalue weighted by Crippen LogP contribution is -2.32. The van der Waals surface area contributed by atoms with Crippen molar-refractivity contribution >= 4 is 5.97 Å². The molecule has 1 saturated heterocycles. The molecule has 0 spiro atoms. The summed E-state index contributed by atoms with van der Waals surface area (Å²) in [4.78, 5) is 16.0. The highest BCUT2D eigenvalue weighted by atomic mass is 16.5. The Morgan fingerprint density at radius 2 is 2.21 bits per heavy atom. The highest BCUT2D eigenvalue weighted by Crippen LogP contribution is 2.05. The van der Waals surface area contributed by atoms with Gasteiger partial charge in [0, 0.05) is 19.3 Å². The maximum atomic E-state index is 11.1. The van der Waals surface area contributed by atoms with Crippen LogP contribution in [-0.4, -0.2) is 44.3 Å². The third kappa shape index (κ3) is 2.75. The van der Waals surface area contributed by atoms with E-state index in [1.807, 2.05) is 4.90 Å². The van der Waals surface area contributed by atoms with E-state index in [4.69, 9.17) is 11.3 Å². The van der Waals surface area contributed by atoms with E-state index in [2.05, 4.69) is 9.58 Å². The van der Waals surface area contributed by atoms with E-state index >= 15 is 0 Å². The van der Waals surface area contributed by atoms with Crippen LogP contribution in [0.25, 0.3) is 4.85 Å². The van der Waals surface area contributed by atoms with Gasteiger partial charge in [-0.25, -0.2) is 4.85 Å². The van der Waals surface area contributed by atoms with Gasteiger partial charge < -0.3 is 14.4 Å². The summed E-state index contributed by atoms with van der Waals surface area (Å²) in [6.45, 7) is 9.47. The van der Waals surface area contributed by atoms with Crippen LogP contribution in [0.15, 0.2) is 11.9 Å². The van der Waals surface area contributed by atoms with Crippen molar-refractivity contribution in [2.75, 3.05) is 33.4 Å². The fourth-order valence-corrected chi connectivity index (χ4v) is 1.11. The fraction of sp³-hybridized carbons (Fsp3) is 0.556. The van der Waals surface area contributed by atoms with E-state index in [9.17, 15) is 4.79 Å². The first-order valence-corrected chi connectivity index (χ1v) is 4.27. The predicted octanol–water partition coefficient (Wildman–Crippen LogP) is 0.252. The summed E-state index contributed by atoms with van der Waals surface area (Å²) in [7, 11) is 1.26. The molecule has 1 rings (SSSR count). The maximum Gasteiger partial charge on any atom is 0.337 e. The fourth-order valence-electron chi connectivity index (χ4n) is 1.11. The lowest BCUT2D eigenvalue weighted by Gasteiger charge is -2.25. The van der Waals surface area contributed by atoms with Gasteiger partial charge in [-0.2, -0.15) is 0 Å². The lowest BCUT2D eigenvalue weighted by molar-refractivity contribution is -0.135. The molecule has 0 bridgehead atoms. The summed E-state index contributed by atoms with van der Waals surface area (Å²) >= 11 is 0. The Labute approximate surface area is 82.7 Å². The molecule has 5 nitrogen and oxygen atoms in total. The van der Waals surface area contributed by atoms with Crippen LogP contribution in [0.4, 0.5) is 0 Å². The molecule has 0 N–H and O–H groups in total. The van der Waals surface area contributed by atoms with Crippen molar-refractivity contribution in [3.63, 3.8) is 0 Å². The summed E-state index contributed by atoms with van der Waals surface area (Å²) in [5.41, 5.74) is 0.00870. The first-order chi connectivity index (χ1) is 6.77. The molecule has 1 heterocycles. The van der Waals surface area contributed by atoms with Gasteiger partial charge in [-0.05, 0) is 0 Å². The second-order valence-electron chi connectivity index (χ2n) is 2.77. The normalized spacial score (nSPS) is 17.4. The summed E-state index contributed by atoms with van der Waals surface area (Å²) in [5, 5.41) is 0. The van der Waals surface area contributed by atoms with Crippen molar-refractivity contribution in [1.82, 2.24) is 4.90 Å². The predicted molar refractivity (Wildman–Crippen MR) is 49.1 cm³/mol. The van der Waals surface area contributed by atoms with E-state index in [0.717, 1.165) is 0 Å². The molecule has 5 heteroatoms. The maximum absolute atomic E-state index is 11.1. The smallest absolute Gasteiger partial charge is 0.337 e. The number of carbonyl (C=O) groups is 1. The molecule has 0 aromatic carbocycles. The van der Waals surface area contributed by atoms with Crippen LogP contribution in [0.1, 0.15) is 0 Å². The number of morpholine rings is 1. The van der Waals surface area contributed by atoms with Gasteiger partial charge in [0.15, 0.2) is 0 Å². The average Bonchev–Trinajstić information content (AvgIpc) is 2.26. The van der Waals surface area contributed by atoms with Crippen LogP contribution >= 0.6 is 0 Å². The third-order valence-electron chi connectivity index (χ3n) is 1.87. The van der Waals surface area contributed by atoms with Crippen molar-refractivity contribution in [2.45, 2.75) is 0 Å². The zero-order valence-electron chi connectivity index (χ0n) is 8.02. The minimum atomic E-state index is -0.591. The molecule has 0 aromatic heterocycles. The molecule has 0 aliphatic carbocycles. The Kier molecular flexibility index (Phi) is 3.95. The van der Waals surface area contributed by atoms with Crippen LogP contribution in [0.2, 0.25) is 0 Å². The summed E-state index contributed by atoms with van der Waals surface area (Å²) in [5.74, 6) is -0.591. The Morgan fingerprint density at radius 1 is 1.57 bits per heavy atom. The van der Waals surface area contributed by atoms with Gasteiger partial charge in [-0.1, -0.05) is 0 Å². The van der Waals surface area contributed by atoms with Crippen LogP contribution in [-0.2, 0) is 14.3 Å². The molecule has 0 aromatic rings. The number of hydrogen-bond donors (Lipinski definition) is 0. The molecule has 0 atom stereocenters.